The number of piperazine rings is 1. The second kappa shape index (κ2) is 5.32. The van der Waals surface area contributed by atoms with Crippen LogP contribution in [0.5, 0.6) is 0 Å². The molecule has 2 aromatic rings. The number of nitrogens with zero attached hydrogens (tertiary/aromatic N) is 4. The molecule has 1 fully saturated rings. The summed E-state index contributed by atoms with van der Waals surface area (Å²) in [4.78, 5) is 27.9. The van der Waals surface area contributed by atoms with Gasteiger partial charge in [0.25, 0.3) is 5.91 Å². The number of H-pyrrole nitrogens is 1. The van der Waals surface area contributed by atoms with Crippen LogP contribution in [0, 0.1) is 6.92 Å². The lowest BCUT2D eigenvalue weighted by Gasteiger charge is -2.34. The van der Waals surface area contributed by atoms with Gasteiger partial charge in [0, 0.05) is 56.5 Å². The van der Waals surface area contributed by atoms with Gasteiger partial charge in [0.15, 0.2) is 0 Å². The second-order valence-corrected chi connectivity index (χ2v) is 4.88. The lowest BCUT2D eigenvalue weighted by atomic mass is 10.1. The van der Waals surface area contributed by atoms with Gasteiger partial charge in [-0.25, -0.2) is 4.98 Å². The summed E-state index contributed by atoms with van der Waals surface area (Å²) in [6.07, 6.45) is 6.95. The number of rotatable bonds is 2. The maximum absolute atomic E-state index is 12.5. The van der Waals surface area contributed by atoms with Gasteiger partial charge in [-0.2, -0.15) is 0 Å². The SMILES string of the molecule is Cc1cnccc1C(=O)N1CCN(c2ncc[nH]2)CC1. The van der Waals surface area contributed by atoms with E-state index in [4.69, 9.17) is 0 Å². The first-order valence-corrected chi connectivity index (χ1v) is 6.70. The molecule has 3 rings (SSSR count). The summed E-state index contributed by atoms with van der Waals surface area (Å²) in [6.45, 7) is 4.93. The Balaban J connectivity index is 1.66. The van der Waals surface area contributed by atoms with Crippen LogP contribution in [0.15, 0.2) is 30.9 Å². The number of nitrogens with one attached hydrogen (secondary N) is 1. The fourth-order valence-corrected chi connectivity index (χ4v) is 2.43. The molecule has 0 spiro atoms. The molecule has 20 heavy (non-hydrogen) atoms. The molecule has 0 unspecified atom stereocenters. The zero-order chi connectivity index (χ0) is 13.9. The van der Waals surface area contributed by atoms with E-state index in [-0.39, 0.29) is 5.91 Å². The van der Waals surface area contributed by atoms with Gasteiger partial charge in [-0.3, -0.25) is 9.78 Å². The van der Waals surface area contributed by atoms with Crippen LogP contribution in [0.2, 0.25) is 0 Å². The van der Waals surface area contributed by atoms with E-state index in [0.717, 1.165) is 30.2 Å². The Labute approximate surface area is 117 Å². The van der Waals surface area contributed by atoms with Crippen molar-refractivity contribution < 1.29 is 4.79 Å². The fraction of sp³-hybridized carbons (Fsp3) is 0.357. The van der Waals surface area contributed by atoms with Gasteiger partial charge >= 0.3 is 0 Å². The Hall–Kier alpha value is -2.37. The first-order chi connectivity index (χ1) is 9.75. The molecule has 0 radical (unpaired) electrons. The Kier molecular flexibility index (Phi) is 3.37. The highest BCUT2D eigenvalue weighted by Gasteiger charge is 2.23. The summed E-state index contributed by atoms with van der Waals surface area (Å²) in [5.74, 6) is 0.959. The number of carbonyl (C=O) groups excluding carboxylic acids is 1. The molecule has 6 nitrogen and oxygen atoms in total. The quantitative estimate of drug-likeness (QED) is 0.887. The number of hydrogen-bond donors (Lipinski definition) is 1. The summed E-state index contributed by atoms with van der Waals surface area (Å²) in [5, 5.41) is 0. The van der Waals surface area contributed by atoms with Crippen LogP contribution in [0.4, 0.5) is 5.95 Å². The second-order valence-electron chi connectivity index (χ2n) is 4.88. The number of pyridine rings is 1. The van der Waals surface area contributed by atoms with Crippen molar-refractivity contribution in [3.05, 3.63) is 42.0 Å². The molecule has 0 atom stereocenters. The molecule has 1 aliphatic rings. The van der Waals surface area contributed by atoms with E-state index < -0.39 is 0 Å². The van der Waals surface area contributed by atoms with Crippen molar-refractivity contribution in [1.29, 1.82) is 0 Å². The predicted octanol–water partition coefficient (Wildman–Crippen LogP) is 1.08. The van der Waals surface area contributed by atoms with Crippen molar-refractivity contribution in [1.82, 2.24) is 19.9 Å². The summed E-state index contributed by atoms with van der Waals surface area (Å²) in [7, 11) is 0. The number of carbonyl (C=O) groups is 1. The predicted molar refractivity (Wildman–Crippen MR) is 75.7 cm³/mol. The summed E-state index contributed by atoms with van der Waals surface area (Å²) in [5.41, 5.74) is 1.66. The van der Waals surface area contributed by atoms with Gasteiger partial charge in [0.1, 0.15) is 0 Å². The Morgan fingerprint density at radius 1 is 1.25 bits per heavy atom. The highest BCUT2D eigenvalue weighted by atomic mass is 16.2. The van der Waals surface area contributed by atoms with Gasteiger partial charge in [0.05, 0.1) is 0 Å². The summed E-state index contributed by atoms with van der Waals surface area (Å²) >= 11 is 0. The third kappa shape index (κ3) is 2.36. The lowest BCUT2D eigenvalue weighted by Crippen LogP contribution is -2.49. The third-order valence-corrected chi connectivity index (χ3v) is 3.60. The minimum Gasteiger partial charge on any atom is -0.339 e. The minimum atomic E-state index is 0.0870. The number of hydrogen-bond acceptors (Lipinski definition) is 4. The van der Waals surface area contributed by atoms with E-state index in [1.807, 2.05) is 18.0 Å². The van der Waals surface area contributed by atoms with E-state index >= 15 is 0 Å². The molecule has 0 saturated carbocycles. The molecule has 1 saturated heterocycles. The first kappa shape index (κ1) is 12.7. The van der Waals surface area contributed by atoms with Crippen LogP contribution in [0.1, 0.15) is 15.9 Å². The van der Waals surface area contributed by atoms with Crippen molar-refractivity contribution in [2.24, 2.45) is 0 Å². The van der Waals surface area contributed by atoms with Gasteiger partial charge in [0.2, 0.25) is 5.95 Å². The monoisotopic (exact) mass is 271 g/mol. The van der Waals surface area contributed by atoms with Crippen molar-refractivity contribution in [3.63, 3.8) is 0 Å². The molecule has 2 aromatic heterocycles. The molecule has 1 N–H and O–H groups in total. The van der Waals surface area contributed by atoms with Crippen molar-refractivity contribution >= 4 is 11.9 Å². The maximum Gasteiger partial charge on any atom is 0.254 e. The number of imidazole rings is 1. The number of aromatic amines is 1. The number of anilines is 1. The zero-order valence-electron chi connectivity index (χ0n) is 11.4. The molecule has 0 aliphatic carbocycles. The van der Waals surface area contributed by atoms with E-state index in [1.165, 1.54) is 0 Å². The molecule has 0 aromatic carbocycles. The summed E-state index contributed by atoms with van der Waals surface area (Å²) in [6, 6.07) is 1.79. The van der Waals surface area contributed by atoms with Crippen LogP contribution in [-0.2, 0) is 0 Å². The summed E-state index contributed by atoms with van der Waals surface area (Å²) < 4.78 is 0. The molecule has 1 aliphatic heterocycles. The first-order valence-electron chi connectivity index (χ1n) is 6.70. The molecule has 104 valence electrons. The molecular weight excluding hydrogens is 254 g/mol. The fourth-order valence-electron chi connectivity index (χ4n) is 2.43. The lowest BCUT2D eigenvalue weighted by molar-refractivity contribution is 0.0745. The number of amides is 1. The van der Waals surface area contributed by atoms with E-state index in [0.29, 0.717) is 13.1 Å². The van der Waals surface area contributed by atoms with E-state index in [1.54, 1.807) is 24.7 Å². The van der Waals surface area contributed by atoms with E-state index in [9.17, 15) is 4.79 Å². The molecule has 6 heteroatoms. The van der Waals surface area contributed by atoms with Gasteiger partial charge in [-0.15, -0.1) is 0 Å². The van der Waals surface area contributed by atoms with Crippen LogP contribution in [0.25, 0.3) is 0 Å². The normalized spacial score (nSPS) is 15.4. The maximum atomic E-state index is 12.5. The average Bonchev–Trinajstić information content (AvgIpc) is 3.01. The number of aromatic nitrogens is 3. The van der Waals surface area contributed by atoms with Crippen LogP contribution in [0.3, 0.4) is 0 Å². The molecule has 1 amide bonds. The van der Waals surface area contributed by atoms with Gasteiger partial charge in [-0.1, -0.05) is 0 Å². The van der Waals surface area contributed by atoms with Crippen molar-refractivity contribution in [2.45, 2.75) is 6.92 Å². The largest absolute Gasteiger partial charge is 0.339 e. The van der Waals surface area contributed by atoms with Crippen molar-refractivity contribution in [3.8, 4) is 0 Å². The molecular formula is C14H17N5O. The number of aryl methyl sites for hydroxylation is 1. The molecule has 3 heterocycles. The minimum absolute atomic E-state index is 0.0870. The third-order valence-electron chi connectivity index (χ3n) is 3.60. The van der Waals surface area contributed by atoms with Gasteiger partial charge < -0.3 is 14.8 Å². The standard InChI is InChI=1S/C14H17N5O/c1-11-10-15-3-2-12(11)13(20)18-6-8-19(9-7-18)14-16-4-5-17-14/h2-5,10H,6-9H2,1H3,(H,16,17). The van der Waals surface area contributed by atoms with Crippen LogP contribution < -0.4 is 4.90 Å². The molecule has 0 bridgehead atoms. The van der Waals surface area contributed by atoms with Gasteiger partial charge in [-0.05, 0) is 18.6 Å². The van der Waals surface area contributed by atoms with Crippen molar-refractivity contribution in [2.75, 3.05) is 31.1 Å². The smallest absolute Gasteiger partial charge is 0.254 e. The Bertz CT molecular complexity index is 587. The average molecular weight is 271 g/mol. The highest BCUT2D eigenvalue weighted by molar-refractivity contribution is 5.95. The van der Waals surface area contributed by atoms with E-state index in [2.05, 4.69) is 19.9 Å². The Morgan fingerprint density at radius 3 is 2.70 bits per heavy atom. The van der Waals surface area contributed by atoms with Crippen LogP contribution >= 0.6 is 0 Å². The topological polar surface area (TPSA) is 65.1 Å². The highest BCUT2D eigenvalue weighted by Crippen LogP contribution is 2.14. The Morgan fingerprint density at radius 2 is 2.05 bits per heavy atom. The zero-order valence-corrected chi connectivity index (χ0v) is 11.4. The van der Waals surface area contributed by atoms with Crippen LogP contribution in [-0.4, -0.2) is 51.9 Å².